The van der Waals surface area contributed by atoms with Gasteiger partial charge in [0.05, 0.1) is 32.7 Å². The van der Waals surface area contributed by atoms with Crippen molar-refractivity contribution >= 4 is 44.6 Å². The molecule has 32 heavy (non-hydrogen) atoms. The normalized spacial score (nSPS) is 12.1. The summed E-state index contributed by atoms with van der Waals surface area (Å²) < 4.78 is 42.4. The Bertz CT molecular complexity index is 1240. The van der Waals surface area contributed by atoms with Gasteiger partial charge in [0.25, 0.3) is 0 Å². The van der Waals surface area contributed by atoms with Gasteiger partial charge in [-0.25, -0.2) is 27.8 Å². The molecule has 0 aliphatic heterocycles. The van der Waals surface area contributed by atoms with Gasteiger partial charge < -0.3 is 5.32 Å². The van der Waals surface area contributed by atoms with E-state index in [1.165, 1.54) is 23.5 Å². The molecule has 0 saturated carbocycles. The van der Waals surface area contributed by atoms with Gasteiger partial charge in [0, 0.05) is 29.2 Å². The van der Waals surface area contributed by atoms with E-state index in [1.54, 1.807) is 26.2 Å². The van der Waals surface area contributed by atoms with Crippen LogP contribution in [0.25, 0.3) is 21.8 Å². The third-order valence-corrected chi connectivity index (χ3v) is 7.61. The molecule has 0 unspecified atom stereocenters. The number of benzene rings is 1. The van der Waals surface area contributed by atoms with E-state index in [4.69, 9.17) is 16.6 Å². The first-order chi connectivity index (χ1) is 14.9. The van der Waals surface area contributed by atoms with Crippen LogP contribution >= 0.6 is 22.9 Å². The molecular formula is C21H25ClFN5O2S2. The predicted molar refractivity (Wildman–Crippen MR) is 129 cm³/mol. The van der Waals surface area contributed by atoms with Crippen molar-refractivity contribution in [2.75, 3.05) is 22.8 Å². The molecule has 2 heterocycles. The number of halogens is 2. The first kappa shape index (κ1) is 24.3. The van der Waals surface area contributed by atoms with Crippen molar-refractivity contribution in [1.29, 1.82) is 0 Å². The highest BCUT2D eigenvalue weighted by Crippen LogP contribution is 2.42. The summed E-state index contributed by atoms with van der Waals surface area (Å²) in [6.07, 6.45) is 2.00. The lowest BCUT2D eigenvalue weighted by Crippen LogP contribution is -2.17. The lowest BCUT2D eigenvalue weighted by atomic mass is 9.98. The average Bonchev–Trinajstić information content (AvgIpc) is 3.16. The summed E-state index contributed by atoms with van der Waals surface area (Å²) in [4.78, 5) is 14.0. The summed E-state index contributed by atoms with van der Waals surface area (Å²) in [7, 11) is -2.00. The standard InChI is InChI=1S/C21H25ClFN5O2S2/c1-6-9-32(29,30)28-15-11-12(22)10-13(16(15)23)17-18(31-19(27-17)21(2,3)4)14-7-8-25-20(24-5)26-14/h7-8,10-11,28H,6,9H2,1-5H3,(H,24,25,26). The molecule has 2 aromatic heterocycles. The Morgan fingerprint density at radius 3 is 2.56 bits per heavy atom. The summed E-state index contributed by atoms with van der Waals surface area (Å²) in [5, 5.41) is 3.85. The monoisotopic (exact) mass is 497 g/mol. The Morgan fingerprint density at radius 1 is 1.22 bits per heavy atom. The van der Waals surface area contributed by atoms with Gasteiger partial charge in [-0.1, -0.05) is 39.3 Å². The second-order valence-corrected chi connectivity index (χ2v) is 11.5. The second-order valence-electron chi connectivity index (χ2n) is 8.20. The number of hydrogen-bond donors (Lipinski definition) is 2. The second kappa shape index (κ2) is 9.29. The quantitative estimate of drug-likeness (QED) is 0.444. The molecule has 11 heteroatoms. The third-order valence-electron chi connectivity index (χ3n) is 4.41. The molecule has 0 saturated heterocycles. The van der Waals surface area contributed by atoms with Crippen molar-refractivity contribution in [1.82, 2.24) is 15.0 Å². The maximum atomic E-state index is 15.6. The summed E-state index contributed by atoms with van der Waals surface area (Å²) in [5.41, 5.74) is 0.502. The van der Waals surface area contributed by atoms with Crippen LogP contribution in [0.4, 0.5) is 16.0 Å². The van der Waals surface area contributed by atoms with E-state index in [9.17, 15) is 8.42 Å². The van der Waals surface area contributed by atoms with E-state index in [0.29, 0.717) is 28.6 Å². The van der Waals surface area contributed by atoms with E-state index >= 15 is 4.39 Å². The van der Waals surface area contributed by atoms with Gasteiger partial charge >= 0.3 is 0 Å². The van der Waals surface area contributed by atoms with E-state index < -0.39 is 15.8 Å². The minimum atomic E-state index is -3.71. The zero-order valence-electron chi connectivity index (χ0n) is 18.5. The predicted octanol–water partition coefficient (Wildman–Crippen LogP) is 5.55. The van der Waals surface area contributed by atoms with Crippen LogP contribution in [0.15, 0.2) is 24.4 Å². The van der Waals surface area contributed by atoms with E-state index in [-0.39, 0.29) is 27.4 Å². The van der Waals surface area contributed by atoms with E-state index in [2.05, 4.69) is 20.0 Å². The van der Waals surface area contributed by atoms with Crippen LogP contribution in [0.1, 0.15) is 39.1 Å². The van der Waals surface area contributed by atoms with Gasteiger partial charge in [-0.15, -0.1) is 11.3 Å². The fraction of sp³-hybridized carbons (Fsp3) is 0.381. The van der Waals surface area contributed by atoms with Crippen molar-refractivity contribution in [3.63, 3.8) is 0 Å². The van der Waals surface area contributed by atoms with Crippen molar-refractivity contribution in [3.8, 4) is 21.8 Å². The van der Waals surface area contributed by atoms with Gasteiger partial charge in [-0.3, -0.25) is 4.72 Å². The lowest BCUT2D eigenvalue weighted by molar-refractivity contribution is 0.585. The number of hydrogen-bond acceptors (Lipinski definition) is 7. The minimum absolute atomic E-state index is 0.0954. The smallest absolute Gasteiger partial charge is 0.232 e. The largest absolute Gasteiger partial charge is 0.357 e. The number of aromatic nitrogens is 3. The molecule has 0 radical (unpaired) electrons. The van der Waals surface area contributed by atoms with Crippen molar-refractivity contribution in [2.24, 2.45) is 0 Å². The maximum absolute atomic E-state index is 15.6. The molecule has 7 nitrogen and oxygen atoms in total. The fourth-order valence-corrected chi connectivity index (χ4v) is 5.37. The van der Waals surface area contributed by atoms with Crippen LogP contribution in [-0.4, -0.2) is 36.2 Å². The summed E-state index contributed by atoms with van der Waals surface area (Å²) in [6, 6.07) is 4.42. The Hall–Kier alpha value is -2.30. The van der Waals surface area contributed by atoms with Crippen LogP contribution in [0.2, 0.25) is 5.02 Å². The number of sulfonamides is 1. The molecule has 3 aromatic rings. The number of anilines is 2. The maximum Gasteiger partial charge on any atom is 0.232 e. The molecule has 0 aliphatic carbocycles. The van der Waals surface area contributed by atoms with Crippen LogP contribution in [-0.2, 0) is 15.4 Å². The van der Waals surface area contributed by atoms with E-state index in [0.717, 1.165) is 5.01 Å². The zero-order valence-corrected chi connectivity index (χ0v) is 20.8. The number of thiazole rings is 1. The molecule has 1 aromatic carbocycles. The molecule has 0 amide bonds. The Morgan fingerprint density at radius 2 is 1.94 bits per heavy atom. The minimum Gasteiger partial charge on any atom is -0.357 e. The lowest BCUT2D eigenvalue weighted by Gasteiger charge is -2.14. The first-order valence-electron chi connectivity index (χ1n) is 9.97. The van der Waals surface area contributed by atoms with Crippen molar-refractivity contribution < 1.29 is 12.8 Å². The highest BCUT2D eigenvalue weighted by Gasteiger charge is 2.27. The zero-order chi connectivity index (χ0) is 23.7. The summed E-state index contributed by atoms with van der Waals surface area (Å²) in [6.45, 7) is 7.76. The van der Waals surface area contributed by atoms with Gasteiger partial charge in [0.15, 0.2) is 5.82 Å². The van der Waals surface area contributed by atoms with E-state index in [1.807, 2.05) is 20.8 Å². The van der Waals surface area contributed by atoms with Gasteiger partial charge in [-0.2, -0.15) is 0 Å². The summed E-state index contributed by atoms with van der Waals surface area (Å²) >= 11 is 7.66. The molecule has 172 valence electrons. The van der Waals surface area contributed by atoms with Gasteiger partial charge in [0.2, 0.25) is 16.0 Å². The molecule has 0 bridgehead atoms. The van der Waals surface area contributed by atoms with Crippen LogP contribution in [0.3, 0.4) is 0 Å². The Balaban J connectivity index is 2.24. The number of nitrogens with zero attached hydrogens (tertiary/aromatic N) is 3. The molecule has 0 spiro atoms. The molecule has 0 fully saturated rings. The molecular weight excluding hydrogens is 473 g/mol. The van der Waals surface area contributed by atoms with Crippen LogP contribution in [0, 0.1) is 5.82 Å². The average molecular weight is 498 g/mol. The van der Waals surface area contributed by atoms with Crippen LogP contribution in [0.5, 0.6) is 0 Å². The number of nitrogens with one attached hydrogen (secondary N) is 2. The van der Waals surface area contributed by atoms with Gasteiger partial charge in [0.1, 0.15) is 0 Å². The Labute approximate surface area is 196 Å². The Kier molecular flexibility index (Phi) is 7.06. The first-order valence-corrected chi connectivity index (χ1v) is 12.8. The topological polar surface area (TPSA) is 96.9 Å². The molecule has 0 atom stereocenters. The highest BCUT2D eigenvalue weighted by atomic mass is 35.5. The SMILES string of the molecule is CCCS(=O)(=O)Nc1cc(Cl)cc(-c2nc(C(C)(C)C)sc2-c2ccnc(NC)n2)c1F. The molecule has 3 rings (SSSR count). The van der Waals surface area contributed by atoms with Gasteiger partial charge in [-0.05, 0) is 24.6 Å². The highest BCUT2D eigenvalue weighted by molar-refractivity contribution is 7.92. The number of rotatable bonds is 7. The fourth-order valence-electron chi connectivity index (χ4n) is 2.93. The third kappa shape index (κ3) is 5.36. The molecule has 0 aliphatic rings. The van der Waals surface area contributed by atoms with Crippen LogP contribution < -0.4 is 10.0 Å². The van der Waals surface area contributed by atoms with Crippen molar-refractivity contribution in [2.45, 2.75) is 39.5 Å². The van der Waals surface area contributed by atoms with Crippen molar-refractivity contribution in [3.05, 3.63) is 40.2 Å². The molecule has 2 N–H and O–H groups in total. The summed E-state index contributed by atoms with van der Waals surface area (Å²) in [5.74, 6) is -0.458.